The van der Waals surface area contributed by atoms with Crippen molar-refractivity contribution in [3.05, 3.63) is 103 Å². The van der Waals surface area contributed by atoms with E-state index in [1.54, 1.807) is 21.2 Å². The average Bonchev–Trinajstić information content (AvgIpc) is 3.11. The molecule has 9 nitrogen and oxygen atoms in total. The van der Waals surface area contributed by atoms with Gasteiger partial charge in [-0.15, -0.1) is 11.8 Å². The molecule has 1 unspecified atom stereocenters. The summed E-state index contributed by atoms with van der Waals surface area (Å²) >= 11 is 1.77. The van der Waals surface area contributed by atoms with Gasteiger partial charge in [-0.1, -0.05) is 55.8 Å². The highest BCUT2D eigenvalue weighted by Crippen LogP contribution is 2.47. The van der Waals surface area contributed by atoms with Gasteiger partial charge in [0.2, 0.25) is 5.43 Å². The predicted octanol–water partition coefficient (Wildman–Crippen LogP) is 6.32. The molecule has 40 heavy (non-hydrogen) atoms. The van der Waals surface area contributed by atoms with Crippen LogP contribution in [0.1, 0.15) is 83.1 Å². The van der Waals surface area contributed by atoms with Gasteiger partial charge in [-0.05, 0) is 53.7 Å². The summed E-state index contributed by atoms with van der Waals surface area (Å²) in [5, 5.41) is 3.20. The first kappa shape index (κ1) is 27.6. The highest BCUT2D eigenvalue weighted by atomic mass is 32.2. The molecule has 0 aliphatic carbocycles. The second-order valence-electron chi connectivity index (χ2n) is 10.3. The first-order valence-corrected chi connectivity index (χ1v) is 14.5. The molecule has 10 heteroatoms. The van der Waals surface area contributed by atoms with Crippen LogP contribution in [0.2, 0.25) is 0 Å². The summed E-state index contributed by atoms with van der Waals surface area (Å²) in [6.07, 6.45) is 2.88. The van der Waals surface area contributed by atoms with E-state index in [1.807, 2.05) is 45.0 Å². The molecule has 0 bridgehead atoms. The summed E-state index contributed by atoms with van der Waals surface area (Å²) in [7, 11) is 0. The normalized spacial score (nSPS) is 17.8. The first-order chi connectivity index (χ1) is 19.4. The van der Waals surface area contributed by atoms with Crippen LogP contribution in [0.25, 0.3) is 10.4 Å². The Morgan fingerprint density at radius 2 is 1.88 bits per heavy atom. The van der Waals surface area contributed by atoms with E-state index in [4.69, 9.17) is 10.3 Å². The molecular formula is C30H31N5O4S. The summed E-state index contributed by atoms with van der Waals surface area (Å²) in [5.74, 6) is -0.895. The summed E-state index contributed by atoms with van der Waals surface area (Å²) in [5.41, 5.74) is 11.4. The number of aromatic nitrogens is 1. The average molecular weight is 558 g/mol. The zero-order valence-electron chi connectivity index (χ0n) is 22.7. The van der Waals surface area contributed by atoms with Gasteiger partial charge < -0.3 is 14.2 Å². The minimum absolute atomic E-state index is 0.121. The zero-order chi connectivity index (χ0) is 28.4. The Bertz CT molecular complexity index is 1530. The van der Waals surface area contributed by atoms with E-state index in [0.717, 1.165) is 28.2 Å². The van der Waals surface area contributed by atoms with Crippen LogP contribution in [-0.4, -0.2) is 40.5 Å². The fourth-order valence-corrected chi connectivity index (χ4v) is 6.68. The van der Waals surface area contributed by atoms with Crippen molar-refractivity contribution in [2.24, 2.45) is 5.11 Å². The highest BCUT2D eigenvalue weighted by molar-refractivity contribution is 7.98. The molecule has 0 saturated heterocycles. The second kappa shape index (κ2) is 11.6. The number of benzene rings is 2. The topological polar surface area (TPSA) is 117 Å². The maximum Gasteiger partial charge on any atom is 0.274 e. The van der Waals surface area contributed by atoms with Gasteiger partial charge in [0.05, 0.1) is 18.2 Å². The van der Waals surface area contributed by atoms with E-state index in [-0.39, 0.29) is 47.5 Å². The van der Waals surface area contributed by atoms with E-state index in [9.17, 15) is 14.4 Å². The molecule has 206 valence electrons. The Balaban J connectivity index is 1.83. The minimum Gasteiger partial charge on any atom is -0.487 e. The summed E-state index contributed by atoms with van der Waals surface area (Å²) < 4.78 is 7.70. The van der Waals surface area contributed by atoms with E-state index in [1.165, 1.54) is 11.8 Å². The summed E-state index contributed by atoms with van der Waals surface area (Å²) in [4.78, 5) is 45.9. The second-order valence-corrected chi connectivity index (χ2v) is 11.3. The molecule has 0 saturated carbocycles. The Morgan fingerprint density at radius 1 is 1.15 bits per heavy atom. The monoisotopic (exact) mass is 557 g/mol. The number of carbonyl (C=O) groups excluding carboxylic acids is 2. The quantitative estimate of drug-likeness (QED) is 0.146. The smallest absolute Gasteiger partial charge is 0.274 e. The number of fused-ring (bicyclic) bond motifs is 3. The molecule has 3 heterocycles. The Labute approximate surface area is 236 Å². The third-order valence-electron chi connectivity index (χ3n) is 7.54. The Kier molecular flexibility index (Phi) is 8.00. The number of carbonyl (C=O) groups is 2. The van der Waals surface area contributed by atoms with Gasteiger partial charge in [-0.25, -0.2) is 0 Å². The lowest BCUT2D eigenvalue weighted by Gasteiger charge is -2.42. The third-order valence-corrected chi connectivity index (χ3v) is 8.68. The molecule has 0 spiro atoms. The molecule has 2 aliphatic heterocycles. The fraction of sp³-hybridized carbons (Fsp3) is 0.367. The van der Waals surface area contributed by atoms with Crippen molar-refractivity contribution >= 4 is 23.6 Å². The Hall–Kier alpha value is -4.01. The molecule has 0 N–H and O–H groups in total. The molecule has 0 fully saturated rings. The highest BCUT2D eigenvalue weighted by Gasteiger charge is 2.42. The maximum atomic E-state index is 14.0. The van der Waals surface area contributed by atoms with E-state index < -0.39 is 11.3 Å². The lowest BCUT2D eigenvalue weighted by molar-refractivity contribution is 0.0583. The van der Waals surface area contributed by atoms with Crippen LogP contribution in [-0.2, 0) is 5.75 Å². The van der Waals surface area contributed by atoms with E-state index in [0.29, 0.717) is 13.0 Å². The number of nitrogens with zero attached hydrogens (tertiary/aromatic N) is 5. The number of rotatable bonds is 7. The largest absolute Gasteiger partial charge is 0.487 e. The predicted molar refractivity (Wildman–Crippen MR) is 154 cm³/mol. The molecule has 5 rings (SSSR count). The number of thioether (sulfide) groups is 1. The van der Waals surface area contributed by atoms with Crippen molar-refractivity contribution < 1.29 is 14.3 Å². The van der Waals surface area contributed by atoms with Gasteiger partial charge in [0.15, 0.2) is 11.4 Å². The molecule has 2 aromatic carbocycles. The molecule has 2 amide bonds. The van der Waals surface area contributed by atoms with Gasteiger partial charge in [-0.3, -0.25) is 14.4 Å². The number of ether oxygens (including phenoxy) is 1. The van der Waals surface area contributed by atoms with Crippen molar-refractivity contribution in [1.29, 1.82) is 0 Å². The van der Waals surface area contributed by atoms with Crippen LogP contribution in [0.4, 0.5) is 0 Å². The first-order valence-electron chi connectivity index (χ1n) is 13.5. The van der Waals surface area contributed by atoms with Gasteiger partial charge in [0.25, 0.3) is 11.8 Å². The molecule has 3 aromatic rings. The fourth-order valence-electron chi connectivity index (χ4n) is 5.57. The number of azide groups is 1. The summed E-state index contributed by atoms with van der Waals surface area (Å²) in [6, 6.07) is 16.0. The lowest BCUT2D eigenvalue weighted by Crippen LogP contribution is -2.49. The molecule has 0 radical (unpaired) electrons. The minimum atomic E-state index is -1.00. The van der Waals surface area contributed by atoms with Gasteiger partial charge in [0, 0.05) is 40.3 Å². The number of amides is 2. The third kappa shape index (κ3) is 4.89. The maximum absolute atomic E-state index is 14.0. The van der Waals surface area contributed by atoms with Crippen LogP contribution in [0.15, 0.2) is 69.5 Å². The van der Waals surface area contributed by atoms with Gasteiger partial charge in [0.1, 0.15) is 0 Å². The van der Waals surface area contributed by atoms with Gasteiger partial charge in [-0.2, -0.15) is 0 Å². The van der Waals surface area contributed by atoms with Crippen molar-refractivity contribution in [2.45, 2.75) is 62.3 Å². The Morgan fingerprint density at radius 3 is 2.60 bits per heavy atom. The molecule has 1 aromatic heterocycles. The van der Waals surface area contributed by atoms with Crippen molar-refractivity contribution in [3.8, 4) is 5.75 Å². The summed E-state index contributed by atoms with van der Waals surface area (Å²) in [6.45, 7) is 6.46. The number of hydrogen-bond acceptors (Lipinski definition) is 5. The van der Waals surface area contributed by atoms with Crippen LogP contribution < -0.4 is 10.2 Å². The van der Waals surface area contributed by atoms with Crippen LogP contribution >= 0.6 is 11.8 Å². The van der Waals surface area contributed by atoms with E-state index >= 15 is 0 Å². The molecule has 2 aliphatic rings. The van der Waals surface area contributed by atoms with Crippen LogP contribution in [0.5, 0.6) is 5.75 Å². The number of hydrogen-bond donors (Lipinski definition) is 0. The number of pyridine rings is 1. The van der Waals surface area contributed by atoms with Crippen molar-refractivity contribution in [2.75, 3.05) is 13.2 Å². The van der Waals surface area contributed by atoms with E-state index in [2.05, 4.69) is 34.3 Å². The lowest BCUT2D eigenvalue weighted by atomic mass is 9.81. The standard InChI is InChI=1S/C30H31N5O4S/c1-4-5-14-39-28-26-30(38)34(18(2)3)16-23(35(26)15-22(27(28)36)29(37)32-33-31)25-20-11-7-6-10-19(20)17-40-24-13-9-8-12-21(24)25/h6-13,15,18,23,25H,4-5,14,16-17H2,1-3H3/t23-,25?/m1/s1. The molecule has 2 atom stereocenters. The zero-order valence-corrected chi connectivity index (χ0v) is 23.6. The number of unbranched alkanes of at least 4 members (excludes halogenated alkanes) is 1. The van der Waals surface area contributed by atoms with Crippen molar-refractivity contribution in [1.82, 2.24) is 9.47 Å². The van der Waals surface area contributed by atoms with Gasteiger partial charge >= 0.3 is 0 Å². The van der Waals surface area contributed by atoms with Crippen molar-refractivity contribution in [3.63, 3.8) is 0 Å². The molecular weight excluding hydrogens is 526 g/mol. The van der Waals surface area contributed by atoms with Crippen LogP contribution in [0, 0.1) is 0 Å². The van der Waals surface area contributed by atoms with Crippen LogP contribution in [0.3, 0.4) is 0 Å². The SMILES string of the molecule is CCCCOc1c2n(cc(C(=O)N=[N+]=[N-])c1=O)[C@@H](C1c3ccccc3CSc3ccccc31)CN(C(C)C)C2=O.